The summed E-state index contributed by atoms with van der Waals surface area (Å²) in [5.74, 6) is -1.76. The molecule has 0 aromatic heterocycles. The lowest BCUT2D eigenvalue weighted by atomic mass is 10.1. The van der Waals surface area contributed by atoms with E-state index in [2.05, 4.69) is 20.1 Å². The number of carbonyl (C=O) groups is 3. The number of benzene rings is 1. The monoisotopic (exact) mass is 514 g/mol. The number of aliphatic carboxylic acids is 1. The average molecular weight is 515 g/mol. The molecule has 0 saturated carbocycles. The summed E-state index contributed by atoms with van der Waals surface area (Å²) in [7, 11) is 0. The Morgan fingerprint density at radius 2 is 1.35 bits per heavy atom. The van der Waals surface area contributed by atoms with Crippen LogP contribution in [-0.2, 0) is 30.5 Å². The second kappa shape index (κ2) is 22.1. The van der Waals surface area contributed by atoms with Crippen LogP contribution in [0, 0.1) is 0 Å². The Bertz CT molecular complexity index is 854. The van der Waals surface area contributed by atoms with Crippen molar-refractivity contribution in [3.05, 3.63) is 71.8 Å². The van der Waals surface area contributed by atoms with Gasteiger partial charge in [-0.2, -0.15) is 0 Å². The van der Waals surface area contributed by atoms with Crippen LogP contribution >= 0.6 is 0 Å². The van der Waals surface area contributed by atoms with Gasteiger partial charge in [0.25, 0.3) is 0 Å². The quantitative estimate of drug-likeness (QED) is 0.122. The molecule has 0 aliphatic heterocycles. The second-order valence-corrected chi connectivity index (χ2v) is 9.16. The third-order valence-corrected chi connectivity index (χ3v) is 5.57. The molecule has 0 saturated heterocycles. The average Bonchev–Trinajstić information content (AvgIpc) is 2.89. The molecule has 0 spiro atoms. The Morgan fingerprint density at radius 1 is 0.811 bits per heavy atom. The molecule has 0 atom stereocenters. The van der Waals surface area contributed by atoms with E-state index >= 15 is 0 Å². The summed E-state index contributed by atoms with van der Waals surface area (Å²) in [6, 6.07) is 9.55. The van der Waals surface area contributed by atoms with Crippen LogP contribution in [-0.4, -0.2) is 29.6 Å². The van der Waals surface area contributed by atoms with Crippen molar-refractivity contribution in [3.8, 4) is 0 Å². The van der Waals surface area contributed by atoms with Crippen molar-refractivity contribution in [1.82, 2.24) is 0 Å². The van der Waals surface area contributed by atoms with Gasteiger partial charge in [-0.3, -0.25) is 0 Å². The minimum Gasteiger partial charge on any atom is -0.478 e. The van der Waals surface area contributed by atoms with Gasteiger partial charge in [-0.05, 0) is 32.3 Å². The van der Waals surface area contributed by atoms with Gasteiger partial charge >= 0.3 is 17.9 Å². The van der Waals surface area contributed by atoms with Crippen molar-refractivity contribution in [3.63, 3.8) is 0 Å². The molecule has 0 unspecified atom stereocenters. The number of rotatable bonds is 18. The number of hydrogen-bond donors (Lipinski definition) is 1. The van der Waals surface area contributed by atoms with Gasteiger partial charge in [0.15, 0.2) is 0 Å². The molecule has 6 heteroatoms. The SMILES string of the molecule is C=C(C)C(=O)OCc1ccccc1.C=C(CC=C(C)C(=O)O)C(=O)OCCCCCCCCCCCC. The fourth-order valence-corrected chi connectivity index (χ4v) is 3.15. The Balaban J connectivity index is 0.000000832. The zero-order valence-electron chi connectivity index (χ0n) is 23.1. The highest BCUT2D eigenvalue weighted by Gasteiger charge is 2.08. The molecular formula is C31H46O6. The molecule has 0 radical (unpaired) electrons. The predicted molar refractivity (Wildman–Crippen MR) is 149 cm³/mol. The van der Waals surface area contributed by atoms with E-state index in [1.807, 2.05) is 30.3 Å². The molecule has 0 amide bonds. The van der Waals surface area contributed by atoms with Crippen LogP contribution < -0.4 is 0 Å². The molecule has 0 fully saturated rings. The van der Waals surface area contributed by atoms with Crippen LogP contribution in [0.15, 0.2) is 66.3 Å². The highest BCUT2D eigenvalue weighted by atomic mass is 16.5. The van der Waals surface area contributed by atoms with Crippen LogP contribution in [0.4, 0.5) is 0 Å². The van der Waals surface area contributed by atoms with Gasteiger partial charge in [-0.25, -0.2) is 14.4 Å². The lowest BCUT2D eigenvalue weighted by molar-refractivity contribution is -0.140. The number of ether oxygens (including phenoxy) is 2. The summed E-state index contributed by atoms with van der Waals surface area (Å²) in [4.78, 5) is 33.3. The van der Waals surface area contributed by atoms with Crippen molar-refractivity contribution < 1.29 is 29.0 Å². The third kappa shape index (κ3) is 19.7. The number of unbranched alkanes of at least 4 members (excludes halogenated alkanes) is 9. The van der Waals surface area contributed by atoms with Gasteiger partial charge in [0.1, 0.15) is 6.61 Å². The molecule has 1 N–H and O–H groups in total. The van der Waals surface area contributed by atoms with E-state index in [1.165, 1.54) is 64.4 Å². The van der Waals surface area contributed by atoms with Gasteiger partial charge in [0.2, 0.25) is 0 Å². The predicted octanol–water partition coefficient (Wildman–Crippen LogP) is 7.73. The minimum atomic E-state index is -0.985. The lowest BCUT2D eigenvalue weighted by Crippen LogP contribution is -2.08. The fourth-order valence-electron chi connectivity index (χ4n) is 3.15. The van der Waals surface area contributed by atoms with E-state index < -0.39 is 11.9 Å². The van der Waals surface area contributed by atoms with E-state index in [9.17, 15) is 14.4 Å². The van der Waals surface area contributed by atoms with E-state index in [-0.39, 0.29) is 18.0 Å². The maximum absolute atomic E-state index is 11.7. The molecule has 0 aliphatic carbocycles. The number of carbonyl (C=O) groups excluding carboxylic acids is 2. The number of allylic oxidation sites excluding steroid dienone is 1. The van der Waals surface area contributed by atoms with Gasteiger partial charge in [0, 0.05) is 16.7 Å². The third-order valence-electron chi connectivity index (χ3n) is 5.57. The number of carboxylic acid groups (broad SMARTS) is 1. The largest absolute Gasteiger partial charge is 0.478 e. The van der Waals surface area contributed by atoms with Crippen molar-refractivity contribution >= 4 is 17.9 Å². The number of carboxylic acids is 1. The first-order chi connectivity index (χ1) is 17.7. The summed E-state index contributed by atoms with van der Waals surface area (Å²) in [5, 5.41) is 8.74. The molecule has 0 heterocycles. The van der Waals surface area contributed by atoms with Gasteiger partial charge in [0.05, 0.1) is 6.61 Å². The van der Waals surface area contributed by atoms with Crippen molar-refractivity contribution in [2.75, 3.05) is 6.61 Å². The number of hydrogen-bond acceptors (Lipinski definition) is 5. The molecule has 0 aliphatic rings. The summed E-state index contributed by atoms with van der Waals surface area (Å²) in [5.41, 5.74) is 1.91. The Labute approximate surface area is 223 Å². The van der Waals surface area contributed by atoms with E-state index in [4.69, 9.17) is 14.6 Å². The first kappa shape index (κ1) is 33.8. The summed E-state index contributed by atoms with van der Waals surface area (Å²) < 4.78 is 10.1. The summed E-state index contributed by atoms with van der Waals surface area (Å²) in [6.45, 7) is 13.2. The molecule has 1 aromatic carbocycles. The Morgan fingerprint density at radius 3 is 1.86 bits per heavy atom. The van der Waals surface area contributed by atoms with E-state index in [0.717, 1.165) is 18.4 Å². The van der Waals surface area contributed by atoms with Gasteiger partial charge in [-0.1, -0.05) is 114 Å². The highest BCUT2D eigenvalue weighted by Crippen LogP contribution is 2.11. The van der Waals surface area contributed by atoms with Crippen LogP contribution in [0.3, 0.4) is 0 Å². The summed E-state index contributed by atoms with van der Waals surface area (Å²) in [6.07, 6.45) is 14.1. The lowest BCUT2D eigenvalue weighted by Gasteiger charge is -2.06. The zero-order valence-corrected chi connectivity index (χ0v) is 23.1. The zero-order chi connectivity index (χ0) is 27.9. The first-order valence-electron chi connectivity index (χ1n) is 13.3. The maximum atomic E-state index is 11.7. The summed E-state index contributed by atoms with van der Waals surface area (Å²) >= 11 is 0. The molecule has 37 heavy (non-hydrogen) atoms. The topological polar surface area (TPSA) is 89.9 Å². The van der Waals surface area contributed by atoms with Crippen LogP contribution in [0.25, 0.3) is 0 Å². The molecule has 206 valence electrons. The van der Waals surface area contributed by atoms with E-state index in [0.29, 0.717) is 24.4 Å². The van der Waals surface area contributed by atoms with E-state index in [1.54, 1.807) is 6.92 Å². The van der Waals surface area contributed by atoms with Crippen LogP contribution in [0.1, 0.15) is 97.0 Å². The van der Waals surface area contributed by atoms with Gasteiger partial charge in [-0.15, -0.1) is 0 Å². The van der Waals surface area contributed by atoms with Crippen molar-refractivity contribution in [1.29, 1.82) is 0 Å². The normalized spacial score (nSPS) is 10.6. The standard InChI is InChI=1S/C20H34O4.C11H12O2/c1-4-5-6-7-8-9-10-11-12-13-16-24-20(23)18(3)15-14-17(2)19(21)22;1-9(2)11(12)13-8-10-6-4-3-5-7-10/h14H,3-13,15-16H2,1-2H3,(H,21,22);3-7H,1,8H2,2H3. The minimum absolute atomic E-state index is 0.207. The maximum Gasteiger partial charge on any atom is 0.333 e. The van der Waals surface area contributed by atoms with Crippen molar-refractivity contribution in [2.24, 2.45) is 0 Å². The molecular weight excluding hydrogens is 468 g/mol. The Kier molecular flexibility index (Phi) is 20.2. The highest BCUT2D eigenvalue weighted by molar-refractivity contribution is 5.89. The van der Waals surface area contributed by atoms with Crippen LogP contribution in [0.5, 0.6) is 0 Å². The number of esters is 2. The van der Waals surface area contributed by atoms with Crippen LogP contribution in [0.2, 0.25) is 0 Å². The Hall–Kier alpha value is -3.15. The smallest absolute Gasteiger partial charge is 0.333 e. The van der Waals surface area contributed by atoms with Crippen molar-refractivity contribution in [2.45, 2.75) is 98.0 Å². The van der Waals surface area contributed by atoms with Gasteiger partial charge < -0.3 is 14.6 Å². The molecule has 1 aromatic rings. The fraction of sp³-hybridized carbons (Fsp3) is 0.516. The first-order valence-corrected chi connectivity index (χ1v) is 13.3. The second-order valence-electron chi connectivity index (χ2n) is 9.16. The molecule has 6 nitrogen and oxygen atoms in total. The molecule has 1 rings (SSSR count). The molecule has 0 bridgehead atoms.